The molecule has 1 aliphatic heterocycles. The van der Waals surface area contributed by atoms with Crippen LogP contribution in [0.15, 0.2) is 115 Å². The summed E-state index contributed by atoms with van der Waals surface area (Å²) in [5, 5.41) is 1.44. The van der Waals surface area contributed by atoms with Gasteiger partial charge in [0.25, 0.3) is 5.56 Å². The summed E-state index contributed by atoms with van der Waals surface area (Å²) in [5.41, 5.74) is 7.36. The predicted octanol–water partition coefficient (Wildman–Crippen LogP) is 5.95. The maximum atomic E-state index is 14.0. The van der Waals surface area contributed by atoms with Crippen molar-refractivity contribution in [2.45, 2.75) is 29.1 Å². The summed E-state index contributed by atoms with van der Waals surface area (Å²) >= 11 is 2.80. The van der Waals surface area contributed by atoms with E-state index in [-0.39, 0.29) is 11.6 Å². The number of fused-ring (bicyclic) bond motifs is 4. The second-order valence-corrected chi connectivity index (χ2v) is 12.2. The Morgan fingerprint density at radius 2 is 1.93 bits per heavy atom. The molecule has 3 aromatic heterocycles. The Kier molecular flexibility index (Phi) is 6.01. The molecule has 0 spiro atoms. The van der Waals surface area contributed by atoms with Crippen LogP contribution in [0.4, 0.5) is 0 Å². The number of imidazole rings is 1. The van der Waals surface area contributed by atoms with E-state index in [1.807, 2.05) is 65.2 Å². The van der Waals surface area contributed by atoms with Crippen LogP contribution in [0, 0.1) is 0 Å². The van der Waals surface area contributed by atoms with E-state index in [4.69, 9.17) is 14.1 Å². The van der Waals surface area contributed by atoms with Gasteiger partial charge in [-0.25, -0.2) is 9.98 Å². The van der Waals surface area contributed by atoms with Crippen molar-refractivity contribution in [3.63, 3.8) is 0 Å². The molecule has 4 heterocycles. The van der Waals surface area contributed by atoms with Gasteiger partial charge in [0.05, 0.1) is 34.4 Å². The summed E-state index contributed by atoms with van der Waals surface area (Å²) in [5.74, 6) is 1.36. The van der Waals surface area contributed by atoms with Crippen LogP contribution in [0.3, 0.4) is 0 Å². The van der Waals surface area contributed by atoms with Crippen LogP contribution >= 0.6 is 23.1 Å². The highest BCUT2D eigenvalue weighted by Gasteiger charge is 2.32. The van der Waals surface area contributed by atoms with Crippen LogP contribution in [0.2, 0.25) is 0 Å². The third kappa shape index (κ3) is 4.24. The van der Waals surface area contributed by atoms with Gasteiger partial charge < -0.3 is 14.1 Å². The van der Waals surface area contributed by atoms with E-state index in [9.17, 15) is 4.79 Å². The molecule has 206 valence electrons. The van der Waals surface area contributed by atoms with Gasteiger partial charge in [-0.15, -0.1) is 0 Å². The minimum atomic E-state index is -0.266. The summed E-state index contributed by atoms with van der Waals surface area (Å²) < 4.78 is 14.1. The topological polar surface area (TPSA) is 85.4 Å². The Labute approximate surface area is 248 Å². The quantitative estimate of drug-likeness (QED) is 0.269. The summed E-state index contributed by atoms with van der Waals surface area (Å²) in [4.78, 5) is 27.7. The van der Waals surface area contributed by atoms with Gasteiger partial charge in [0.15, 0.2) is 15.1 Å². The molecule has 1 N–H and O–H groups in total. The highest BCUT2D eigenvalue weighted by atomic mass is 32.2. The van der Waals surface area contributed by atoms with E-state index in [2.05, 4.69) is 40.3 Å². The molecular weight excluding hydrogens is 565 g/mol. The number of nitrogens with one attached hydrogen (secondary N) is 1. The number of allylic oxidation sites excluding steroid dienone is 1. The Morgan fingerprint density at radius 3 is 2.83 bits per heavy atom. The minimum absolute atomic E-state index is 0.0835. The molecule has 0 saturated carbocycles. The fourth-order valence-electron chi connectivity index (χ4n) is 5.80. The normalized spacial score (nSPS) is 16.2. The molecule has 0 unspecified atom stereocenters. The van der Waals surface area contributed by atoms with E-state index in [0.29, 0.717) is 20.2 Å². The number of hydrogen-bond donors (Lipinski definition) is 1. The molecule has 6 aromatic rings. The first-order valence-electron chi connectivity index (χ1n) is 13.6. The van der Waals surface area contributed by atoms with Crippen LogP contribution in [0.5, 0.6) is 5.75 Å². The molecule has 8 rings (SSSR count). The summed E-state index contributed by atoms with van der Waals surface area (Å²) in [6.07, 6.45) is 3.56. The molecule has 0 fully saturated rings. The fourth-order valence-corrected chi connectivity index (χ4v) is 7.55. The van der Waals surface area contributed by atoms with Gasteiger partial charge in [-0.1, -0.05) is 59.9 Å². The number of benzene rings is 3. The van der Waals surface area contributed by atoms with Gasteiger partial charge in [0, 0.05) is 11.6 Å². The zero-order valence-electron chi connectivity index (χ0n) is 22.5. The highest BCUT2D eigenvalue weighted by Crippen LogP contribution is 2.41. The van der Waals surface area contributed by atoms with Gasteiger partial charge in [0.2, 0.25) is 0 Å². The van der Waals surface area contributed by atoms with Crippen LogP contribution in [-0.4, -0.2) is 21.6 Å². The van der Waals surface area contributed by atoms with Crippen LogP contribution in [-0.2, 0) is 6.42 Å². The molecule has 42 heavy (non-hydrogen) atoms. The number of furan rings is 1. The molecule has 0 radical (unpaired) electrons. The van der Waals surface area contributed by atoms with Gasteiger partial charge in [-0.05, 0) is 77.7 Å². The molecule has 0 saturated heterocycles. The smallest absolute Gasteiger partial charge is 0.271 e. The number of aryl methyl sites for hydroxylation is 1. The maximum Gasteiger partial charge on any atom is 0.271 e. The lowest BCUT2D eigenvalue weighted by molar-refractivity contribution is 0.413. The largest absolute Gasteiger partial charge is 0.497 e. The molecule has 1 atom stereocenters. The van der Waals surface area contributed by atoms with Crippen LogP contribution < -0.4 is 19.6 Å². The van der Waals surface area contributed by atoms with Crippen molar-refractivity contribution in [2.75, 3.05) is 7.11 Å². The van der Waals surface area contributed by atoms with Gasteiger partial charge in [-0.3, -0.25) is 9.36 Å². The number of nitrogens with zero attached hydrogens (tertiary/aromatic N) is 3. The van der Waals surface area contributed by atoms with Crippen molar-refractivity contribution < 1.29 is 9.15 Å². The molecule has 1 aliphatic carbocycles. The van der Waals surface area contributed by atoms with Gasteiger partial charge >= 0.3 is 0 Å². The molecule has 3 aromatic carbocycles. The van der Waals surface area contributed by atoms with Crippen molar-refractivity contribution in [3.8, 4) is 5.75 Å². The third-order valence-corrected chi connectivity index (χ3v) is 9.51. The van der Waals surface area contributed by atoms with Gasteiger partial charge in [0.1, 0.15) is 11.5 Å². The van der Waals surface area contributed by atoms with Crippen LogP contribution in [0.25, 0.3) is 22.8 Å². The second kappa shape index (κ2) is 10.0. The number of hydrogen-bond acceptors (Lipinski definition) is 7. The monoisotopic (exact) mass is 588 g/mol. The lowest BCUT2D eigenvalue weighted by Gasteiger charge is -2.31. The molecular formula is C33H24N4O3S2. The first kappa shape index (κ1) is 25.1. The lowest BCUT2D eigenvalue weighted by Crippen LogP contribution is -2.38. The number of thiazole rings is 1. The second-order valence-electron chi connectivity index (χ2n) is 10.2. The highest BCUT2D eigenvalue weighted by molar-refractivity contribution is 7.99. The lowest BCUT2D eigenvalue weighted by atomic mass is 9.83. The predicted molar refractivity (Wildman–Crippen MR) is 165 cm³/mol. The number of aromatic nitrogens is 3. The summed E-state index contributed by atoms with van der Waals surface area (Å²) in [6.45, 7) is 0. The van der Waals surface area contributed by atoms with E-state index in [1.165, 1.54) is 28.7 Å². The minimum Gasteiger partial charge on any atom is -0.497 e. The standard InChI is InChI=1S/C33H24N4O3S2/c1-39-21-9-6-8-20(17-21)30-24-15-13-19-7-2-3-10-23(19)29(24)36-33-37(30)31(38)27(41-33)18-22-14-16-28(40-22)42-32-34-25-11-4-5-12-26(25)35-32/h2-12,14,16-18,30H,13,15H2,1H3,(H,34,35)/b27-18-/t30-/m1/s1. The van der Waals surface area contributed by atoms with E-state index in [1.54, 1.807) is 7.11 Å². The Morgan fingerprint density at radius 1 is 1.05 bits per heavy atom. The number of H-pyrrole nitrogens is 1. The number of aromatic amines is 1. The number of para-hydroxylation sites is 2. The van der Waals surface area contributed by atoms with E-state index in [0.717, 1.165) is 57.2 Å². The van der Waals surface area contributed by atoms with E-state index < -0.39 is 0 Å². The van der Waals surface area contributed by atoms with Crippen molar-refractivity contribution in [3.05, 3.63) is 133 Å². The first-order valence-corrected chi connectivity index (χ1v) is 15.3. The summed E-state index contributed by atoms with van der Waals surface area (Å²) in [6, 6.07) is 27.8. The summed E-state index contributed by atoms with van der Waals surface area (Å²) in [7, 11) is 1.66. The number of rotatable bonds is 5. The average molecular weight is 589 g/mol. The SMILES string of the molecule is COc1cccc([C@@H]2C3=C(N=c4s/c(=C\c5ccc(Sc6nc7ccccc7[nH]6)o5)c(=O)n42)c2ccccc2CC3)c1. The Bertz CT molecular complexity index is 2190. The zero-order chi connectivity index (χ0) is 28.2. The van der Waals surface area contributed by atoms with E-state index >= 15 is 0 Å². The molecule has 7 nitrogen and oxygen atoms in total. The maximum absolute atomic E-state index is 14.0. The zero-order valence-corrected chi connectivity index (χ0v) is 24.2. The molecule has 9 heteroatoms. The molecule has 2 aliphatic rings. The van der Waals surface area contributed by atoms with Crippen molar-refractivity contribution in [1.82, 2.24) is 14.5 Å². The molecule has 0 bridgehead atoms. The van der Waals surface area contributed by atoms with Crippen molar-refractivity contribution in [2.24, 2.45) is 4.99 Å². The molecule has 0 amide bonds. The first-order chi connectivity index (χ1) is 20.6. The Balaban J connectivity index is 1.23. The van der Waals surface area contributed by atoms with Crippen LogP contribution in [0.1, 0.15) is 34.9 Å². The number of ether oxygens (including phenoxy) is 1. The third-order valence-electron chi connectivity index (χ3n) is 7.72. The van der Waals surface area contributed by atoms with Crippen molar-refractivity contribution in [1.29, 1.82) is 0 Å². The average Bonchev–Trinajstić information content (AvgIpc) is 3.73. The van der Waals surface area contributed by atoms with Crippen molar-refractivity contribution >= 4 is 45.9 Å². The Hall–Kier alpha value is -4.60. The van der Waals surface area contributed by atoms with Gasteiger partial charge in [-0.2, -0.15) is 0 Å². The fraction of sp³-hybridized carbons (Fsp3) is 0.121. The number of methoxy groups -OCH3 is 1.